The number of hydrogen-bond acceptors (Lipinski definition) is 6. The molecule has 2 aliphatic rings. The highest BCUT2D eigenvalue weighted by Crippen LogP contribution is 2.34. The first kappa shape index (κ1) is 20.3. The van der Waals surface area contributed by atoms with Gasteiger partial charge in [-0.3, -0.25) is 5.41 Å². The molecule has 2 aliphatic heterocycles. The van der Waals surface area contributed by atoms with Crippen LogP contribution in [0.15, 0.2) is 35.4 Å². The monoisotopic (exact) mass is 430 g/mol. The Morgan fingerprint density at radius 1 is 1.33 bits per heavy atom. The highest BCUT2D eigenvalue weighted by molar-refractivity contribution is 7.11. The summed E-state index contributed by atoms with van der Waals surface area (Å²) in [5, 5.41) is 21.6. The maximum atomic E-state index is 13.2. The van der Waals surface area contributed by atoms with Gasteiger partial charge in [-0.05, 0) is 44.0 Å². The summed E-state index contributed by atoms with van der Waals surface area (Å²) < 4.78 is 18.2. The van der Waals surface area contributed by atoms with Gasteiger partial charge in [-0.1, -0.05) is 0 Å². The number of piperidine rings is 1. The van der Waals surface area contributed by atoms with Crippen LogP contribution in [0.5, 0.6) is 0 Å². The largest absolute Gasteiger partial charge is 0.510 e. The van der Waals surface area contributed by atoms with Crippen molar-refractivity contribution in [3.63, 3.8) is 0 Å². The van der Waals surface area contributed by atoms with Crippen LogP contribution in [0.2, 0.25) is 0 Å². The van der Waals surface area contributed by atoms with Crippen LogP contribution in [0, 0.1) is 11.2 Å². The first-order valence-electron chi connectivity index (χ1n) is 9.89. The van der Waals surface area contributed by atoms with E-state index >= 15 is 0 Å². The molecule has 4 rings (SSSR count). The minimum Gasteiger partial charge on any atom is -0.510 e. The molecular formula is C21H23FN4O3S. The van der Waals surface area contributed by atoms with E-state index in [-0.39, 0.29) is 36.1 Å². The number of ether oxygens (including phenoxy) is 1. The van der Waals surface area contributed by atoms with Gasteiger partial charge in [0.25, 0.3) is 0 Å². The second-order valence-electron chi connectivity index (χ2n) is 7.26. The van der Waals surface area contributed by atoms with Crippen molar-refractivity contribution in [2.45, 2.75) is 25.8 Å². The molecule has 1 aromatic carbocycles. The molecule has 0 atom stereocenters. The van der Waals surface area contributed by atoms with Crippen molar-refractivity contribution in [3.05, 3.63) is 46.2 Å². The Bertz CT molecular complexity index is 980. The van der Waals surface area contributed by atoms with E-state index in [2.05, 4.69) is 4.98 Å². The second kappa shape index (κ2) is 8.43. The van der Waals surface area contributed by atoms with Crippen LogP contribution in [-0.2, 0) is 4.74 Å². The first-order valence-corrected chi connectivity index (χ1v) is 10.8. The third-order valence-corrected chi connectivity index (χ3v) is 6.28. The van der Waals surface area contributed by atoms with Crippen molar-refractivity contribution >= 4 is 28.8 Å². The Kier molecular flexibility index (Phi) is 5.72. The normalized spacial score (nSPS) is 17.7. The lowest BCUT2D eigenvalue weighted by Gasteiger charge is -2.37. The molecule has 0 aliphatic carbocycles. The molecule has 2 aromatic rings. The maximum Gasteiger partial charge on any atom is 0.409 e. The van der Waals surface area contributed by atoms with Gasteiger partial charge < -0.3 is 19.6 Å². The lowest BCUT2D eigenvalue weighted by molar-refractivity contribution is 0.0876. The smallest absolute Gasteiger partial charge is 0.409 e. The van der Waals surface area contributed by atoms with Gasteiger partial charge in [-0.25, -0.2) is 14.2 Å². The number of carbonyl (C=O) groups excluding carboxylic acids is 1. The van der Waals surface area contributed by atoms with E-state index in [9.17, 15) is 14.3 Å². The number of hydrogen-bond donors (Lipinski definition) is 2. The van der Waals surface area contributed by atoms with Gasteiger partial charge >= 0.3 is 6.09 Å². The standard InChI is InChI=1S/C21H23FN4O3S/c1-2-29-21(28)25-9-7-15(8-10-25)26-11-17(27)18(19(26)23)20-24-16(12-30-20)13-3-5-14(22)6-4-13/h3-6,12,15,23,27H,2,7-11H2,1H3. The molecule has 0 radical (unpaired) electrons. The zero-order valence-electron chi connectivity index (χ0n) is 16.6. The number of aromatic nitrogens is 1. The molecule has 0 spiro atoms. The minimum absolute atomic E-state index is 0.0688. The fourth-order valence-corrected chi connectivity index (χ4v) is 4.75. The van der Waals surface area contributed by atoms with E-state index in [0.29, 0.717) is 48.8 Å². The third kappa shape index (κ3) is 3.89. The molecule has 158 valence electrons. The van der Waals surface area contributed by atoms with Crippen molar-refractivity contribution in [3.8, 4) is 11.3 Å². The summed E-state index contributed by atoms with van der Waals surface area (Å²) >= 11 is 1.35. The predicted octanol–water partition coefficient (Wildman–Crippen LogP) is 4.13. The molecular weight excluding hydrogens is 407 g/mol. The summed E-state index contributed by atoms with van der Waals surface area (Å²) in [6.07, 6.45) is 1.12. The second-order valence-corrected chi connectivity index (χ2v) is 8.12. The summed E-state index contributed by atoms with van der Waals surface area (Å²) in [5.74, 6) is 0.0756. The van der Waals surface area contributed by atoms with Crippen LogP contribution in [0.3, 0.4) is 0 Å². The van der Waals surface area contributed by atoms with Crippen LogP contribution < -0.4 is 0 Å². The number of rotatable bonds is 4. The van der Waals surface area contributed by atoms with E-state index in [1.165, 1.54) is 23.5 Å². The molecule has 0 saturated carbocycles. The summed E-state index contributed by atoms with van der Waals surface area (Å²) in [6, 6.07) is 6.15. The van der Waals surface area contributed by atoms with E-state index in [0.717, 1.165) is 5.56 Å². The lowest BCUT2D eigenvalue weighted by atomic mass is 10.0. The van der Waals surface area contributed by atoms with Crippen molar-refractivity contribution in [1.29, 1.82) is 5.41 Å². The molecule has 9 heteroatoms. The number of thiazole rings is 1. The number of nitrogens with zero attached hydrogens (tertiary/aromatic N) is 3. The molecule has 2 N–H and O–H groups in total. The van der Waals surface area contributed by atoms with Gasteiger partial charge in [0.05, 0.1) is 24.4 Å². The molecule has 3 heterocycles. The number of aliphatic hydroxyl groups is 1. The number of likely N-dealkylation sites (tertiary alicyclic amines) is 1. The van der Waals surface area contributed by atoms with Crippen LogP contribution >= 0.6 is 11.3 Å². The molecule has 0 unspecified atom stereocenters. The highest BCUT2D eigenvalue weighted by Gasteiger charge is 2.36. The van der Waals surface area contributed by atoms with Gasteiger partial charge in [0.2, 0.25) is 0 Å². The average Bonchev–Trinajstić information content (AvgIpc) is 3.33. The summed E-state index contributed by atoms with van der Waals surface area (Å²) in [7, 11) is 0. The van der Waals surface area contributed by atoms with Crippen LogP contribution in [0.25, 0.3) is 16.8 Å². The lowest BCUT2D eigenvalue weighted by Crippen LogP contribution is -2.47. The molecule has 30 heavy (non-hydrogen) atoms. The van der Waals surface area contributed by atoms with Gasteiger partial charge in [-0.2, -0.15) is 0 Å². The zero-order chi connectivity index (χ0) is 21.3. The number of aliphatic hydroxyl groups excluding tert-OH is 1. The Hall–Kier alpha value is -2.94. The number of benzene rings is 1. The SMILES string of the molecule is CCOC(=O)N1CCC(N2CC(O)=C(c3nc(-c4ccc(F)cc4)cs3)C2=N)CC1. The van der Waals surface area contributed by atoms with E-state index in [1.807, 2.05) is 10.3 Å². The molecule has 1 saturated heterocycles. The summed E-state index contributed by atoms with van der Waals surface area (Å²) in [5.41, 5.74) is 1.91. The van der Waals surface area contributed by atoms with Crippen molar-refractivity contribution in [2.24, 2.45) is 0 Å². The van der Waals surface area contributed by atoms with Crippen LogP contribution in [0.1, 0.15) is 24.8 Å². The van der Waals surface area contributed by atoms with Crippen molar-refractivity contribution < 1.29 is 19.0 Å². The topological polar surface area (TPSA) is 89.8 Å². The highest BCUT2D eigenvalue weighted by atomic mass is 32.1. The number of amidine groups is 1. The van der Waals surface area contributed by atoms with Crippen LogP contribution in [0.4, 0.5) is 9.18 Å². The number of carbonyl (C=O) groups is 1. The first-order chi connectivity index (χ1) is 14.5. The van der Waals surface area contributed by atoms with Crippen molar-refractivity contribution in [1.82, 2.24) is 14.8 Å². The number of nitrogens with one attached hydrogen (secondary N) is 1. The van der Waals surface area contributed by atoms with E-state index < -0.39 is 0 Å². The van der Waals surface area contributed by atoms with E-state index in [4.69, 9.17) is 10.1 Å². The van der Waals surface area contributed by atoms with Gasteiger partial charge in [0.1, 0.15) is 22.4 Å². The number of amides is 1. The molecule has 7 nitrogen and oxygen atoms in total. The van der Waals surface area contributed by atoms with E-state index in [1.54, 1.807) is 24.0 Å². The quantitative estimate of drug-likeness (QED) is 0.761. The minimum atomic E-state index is -0.309. The van der Waals surface area contributed by atoms with Gasteiger partial charge in [-0.15, -0.1) is 11.3 Å². The maximum absolute atomic E-state index is 13.2. The van der Waals surface area contributed by atoms with Crippen molar-refractivity contribution in [2.75, 3.05) is 26.2 Å². The van der Waals surface area contributed by atoms with Gasteiger partial charge in [0, 0.05) is 30.1 Å². The average molecular weight is 431 g/mol. The zero-order valence-corrected chi connectivity index (χ0v) is 17.4. The molecule has 0 bridgehead atoms. The predicted molar refractivity (Wildman–Crippen MR) is 113 cm³/mol. The summed E-state index contributed by atoms with van der Waals surface area (Å²) in [4.78, 5) is 20.0. The molecule has 1 fully saturated rings. The Morgan fingerprint density at radius 2 is 2.03 bits per heavy atom. The fraction of sp³-hybridized carbons (Fsp3) is 0.381. The Balaban J connectivity index is 1.45. The van der Waals surface area contributed by atoms with Gasteiger partial charge in [0.15, 0.2) is 0 Å². The Morgan fingerprint density at radius 3 is 2.70 bits per heavy atom. The molecule has 1 aromatic heterocycles. The third-order valence-electron chi connectivity index (χ3n) is 5.42. The van der Waals surface area contributed by atoms with Crippen LogP contribution in [-0.4, -0.2) is 64.1 Å². The fourth-order valence-electron chi connectivity index (χ4n) is 3.85. The summed E-state index contributed by atoms with van der Waals surface area (Å²) in [6.45, 7) is 3.53. The Labute approximate surface area is 177 Å². The number of halogens is 1. The molecule has 1 amide bonds.